The molecule has 0 saturated carbocycles. The van der Waals surface area contributed by atoms with Gasteiger partial charge < -0.3 is 19.7 Å². The van der Waals surface area contributed by atoms with Crippen LogP contribution in [0.5, 0.6) is 0 Å². The van der Waals surface area contributed by atoms with Crippen LogP contribution in [0.1, 0.15) is 23.7 Å². The molecule has 0 radical (unpaired) electrons. The van der Waals surface area contributed by atoms with Crippen molar-refractivity contribution in [2.45, 2.75) is 26.5 Å². The van der Waals surface area contributed by atoms with E-state index in [1.807, 2.05) is 31.2 Å². The van der Waals surface area contributed by atoms with Gasteiger partial charge in [-0.3, -0.25) is 9.78 Å². The van der Waals surface area contributed by atoms with Crippen molar-refractivity contribution in [2.75, 3.05) is 31.8 Å². The normalized spacial score (nSPS) is 13.3. The lowest BCUT2D eigenvalue weighted by Gasteiger charge is -2.30. The van der Waals surface area contributed by atoms with E-state index in [0.717, 1.165) is 39.9 Å². The van der Waals surface area contributed by atoms with Crippen LogP contribution in [0.15, 0.2) is 42.5 Å². The molecule has 4 rings (SSSR count). The van der Waals surface area contributed by atoms with Gasteiger partial charge in [-0.15, -0.1) is 0 Å². The summed E-state index contributed by atoms with van der Waals surface area (Å²) < 4.78 is 37.6. The molecule has 0 aliphatic carbocycles. The number of amides is 1. The molecular formula is C24H25F2N3O3. The molecular weight excluding hydrogens is 416 g/mol. The van der Waals surface area contributed by atoms with Crippen LogP contribution in [0.4, 0.5) is 14.5 Å². The van der Waals surface area contributed by atoms with E-state index >= 15 is 0 Å². The Morgan fingerprint density at radius 3 is 2.81 bits per heavy atom. The number of benzene rings is 2. The minimum atomic E-state index is -0.916. The highest BCUT2D eigenvalue weighted by molar-refractivity contribution is 5.84. The van der Waals surface area contributed by atoms with E-state index in [1.54, 1.807) is 4.90 Å². The highest BCUT2D eigenvalue weighted by Gasteiger charge is 2.25. The maximum absolute atomic E-state index is 13.4. The lowest BCUT2D eigenvalue weighted by atomic mass is 9.96. The van der Waals surface area contributed by atoms with Gasteiger partial charge in [0, 0.05) is 49.0 Å². The van der Waals surface area contributed by atoms with E-state index in [0.29, 0.717) is 31.8 Å². The van der Waals surface area contributed by atoms with Crippen LogP contribution >= 0.6 is 0 Å². The summed E-state index contributed by atoms with van der Waals surface area (Å²) in [5.41, 5.74) is 4.25. The smallest absolute Gasteiger partial charge is 0.248 e. The summed E-state index contributed by atoms with van der Waals surface area (Å²) in [6.45, 7) is 3.87. The number of para-hydroxylation sites is 1. The SMILES string of the molecule is CCOCC(=O)N1CCc2nc3ccccc3c(COCNc3ccc(F)c(F)c3)c2C1. The molecule has 1 amide bonds. The molecule has 0 atom stereocenters. The number of hydrogen-bond donors (Lipinski definition) is 1. The number of carbonyl (C=O) groups excluding carboxylic acids is 1. The highest BCUT2D eigenvalue weighted by atomic mass is 19.2. The Bertz CT molecular complexity index is 1120. The van der Waals surface area contributed by atoms with Crippen LogP contribution in [0.2, 0.25) is 0 Å². The first-order valence-corrected chi connectivity index (χ1v) is 10.6. The van der Waals surface area contributed by atoms with Gasteiger partial charge in [0.25, 0.3) is 0 Å². The summed E-state index contributed by atoms with van der Waals surface area (Å²) in [5.74, 6) is -1.85. The Balaban J connectivity index is 1.52. The van der Waals surface area contributed by atoms with Crippen molar-refractivity contribution in [2.24, 2.45) is 0 Å². The minimum absolute atomic E-state index is 0.0440. The van der Waals surface area contributed by atoms with Gasteiger partial charge in [0.2, 0.25) is 5.91 Å². The second-order valence-corrected chi connectivity index (χ2v) is 7.53. The van der Waals surface area contributed by atoms with Crippen molar-refractivity contribution in [1.82, 2.24) is 9.88 Å². The van der Waals surface area contributed by atoms with E-state index in [4.69, 9.17) is 14.5 Å². The van der Waals surface area contributed by atoms with Gasteiger partial charge in [-0.25, -0.2) is 8.78 Å². The Hall–Kier alpha value is -3.10. The summed E-state index contributed by atoms with van der Waals surface area (Å²) in [7, 11) is 0. The number of rotatable bonds is 8. The number of pyridine rings is 1. The zero-order valence-electron chi connectivity index (χ0n) is 17.9. The average molecular weight is 441 g/mol. The summed E-state index contributed by atoms with van der Waals surface area (Å²) in [4.78, 5) is 19.1. The topological polar surface area (TPSA) is 63.7 Å². The molecule has 6 nitrogen and oxygen atoms in total. The van der Waals surface area contributed by atoms with E-state index in [9.17, 15) is 13.6 Å². The van der Waals surface area contributed by atoms with E-state index in [-0.39, 0.29) is 25.9 Å². The van der Waals surface area contributed by atoms with Crippen molar-refractivity contribution in [1.29, 1.82) is 0 Å². The summed E-state index contributed by atoms with van der Waals surface area (Å²) in [6, 6.07) is 11.4. The molecule has 2 heterocycles. The number of carbonyl (C=O) groups is 1. The molecule has 1 N–H and O–H groups in total. The maximum atomic E-state index is 13.4. The first-order valence-electron chi connectivity index (χ1n) is 10.6. The maximum Gasteiger partial charge on any atom is 0.248 e. The molecule has 1 aromatic heterocycles. The standard InChI is InChI=1S/C24H25F2N3O3/c1-2-31-14-24(30)29-10-9-23-18(12-29)19(17-5-3-4-6-22(17)28-23)13-32-15-27-16-7-8-20(25)21(26)11-16/h3-8,11,27H,2,9-10,12-15H2,1H3. The number of hydrogen-bond acceptors (Lipinski definition) is 5. The number of ether oxygens (including phenoxy) is 2. The van der Waals surface area contributed by atoms with E-state index < -0.39 is 11.6 Å². The minimum Gasteiger partial charge on any atom is -0.372 e. The highest BCUT2D eigenvalue weighted by Crippen LogP contribution is 2.29. The molecule has 0 unspecified atom stereocenters. The van der Waals surface area contributed by atoms with E-state index in [2.05, 4.69) is 5.32 Å². The molecule has 32 heavy (non-hydrogen) atoms. The number of halogens is 2. The Morgan fingerprint density at radius 2 is 2.00 bits per heavy atom. The molecule has 1 aliphatic rings. The van der Waals surface area contributed by atoms with Gasteiger partial charge in [0.15, 0.2) is 11.6 Å². The second-order valence-electron chi connectivity index (χ2n) is 7.53. The van der Waals surface area contributed by atoms with Crippen molar-refractivity contribution in [3.05, 3.63) is 70.9 Å². The molecule has 8 heteroatoms. The summed E-state index contributed by atoms with van der Waals surface area (Å²) >= 11 is 0. The number of fused-ring (bicyclic) bond motifs is 2. The van der Waals surface area contributed by atoms with Crippen molar-refractivity contribution in [3.63, 3.8) is 0 Å². The first kappa shape index (κ1) is 22.1. The average Bonchev–Trinajstić information content (AvgIpc) is 2.81. The molecule has 1 aliphatic heterocycles. The third-order valence-corrected chi connectivity index (χ3v) is 5.49. The van der Waals surface area contributed by atoms with Crippen LogP contribution in [0.3, 0.4) is 0 Å². The Morgan fingerprint density at radius 1 is 1.16 bits per heavy atom. The van der Waals surface area contributed by atoms with Gasteiger partial charge in [-0.05, 0) is 36.2 Å². The number of aromatic nitrogens is 1. The fourth-order valence-electron chi connectivity index (χ4n) is 3.83. The number of nitrogens with zero attached hydrogens (tertiary/aromatic N) is 2. The van der Waals surface area contributed by atoms with Crippen LogP contribution in [0, 0.1) is 11.6 Å². The monoisotopic (exact) mass is 441 g/mol. The van der Waals surface area contributed by atoms with Gasteiger partial charge in [0.1, 0.15) is 13.3 Å². The Labute approximate surface area is 185 Å². The fraction of sp³-hybridized carbons (Fsp3) is 0.333. The van der Waals surface area contributed by atoms with Crippen LogP contribution in [-0.4, -0.2) is 42.3 Å². The molecule has 0 fully saturated rings. The predicted molar refractivity (Wildman–Crippen MR) is 117 cm³/mol. The molecule has 0 spiro atoms. The van der Waals surface area contributed by atoms with Crippen LogP contribution < -0.4 is 5.32 Å². The van der Waals surface area contributed by atoms with Gasteiger partial charge in [0.05, 0.1) is 12.1 Å². The van der Waals surface area contributed by atoms with Crippen molar-refractivity contribution >= 4 is 22.5 Å². The summed E-state index contributed by atoms with van der Waals surface area (Å²) in [5, 5.41) is 3.91. The molecule has 3 aromatic rings. The quantitative estimate of drug-likeness (QED) is 0.423. The van der Waals surface area contributed by atoms with Crippen molar-refractivity contribution < 1.29 is 23.0 Å². The predicted octanol–water partition coefficient (Wildman–Crippen LogP) is 4.02. The lowest BCUT2D eigenvalue weighted by molar-refractivity contribution is -0.136. The van der Waals surface area contributed by atoms with Crippen molar-refractivity contribution in [3.8, 4) is 0 Å². The molecule has 168 valence electrons. The number of anilines is 1. The van der Waals surface area contributed by atoms with Gasteiger partial charge >= 0.3 is 0 Å². The van der Waals surface area contributed by atoms with Gasteiger partial charge in [-0.2, -0.15) is 0 Å². The molecule has 2 aromatic carbocycles. The zero-order chi connectivity index (χ0) is 22.5. The Kier molecular flexibility index (Phi) is 6.92. The first-order chi connectivity index (χ1) is 15.6. The zero-order valence-corrected chi connectivity index (χ0v) is 17.9. The van der Waals surface area contributed by atoms with E-state index in [1.165, 1.54) is 6.07 Å². The third kappa shape index (κ3) is 4.87. The summed E-state index contributed by atoms with van der Waals surface area (Å²) in [6.07, 6.45) is 0.665. The fourth-order valence-corrected chi connectivity index (χ4v) is 3.83. The van der Waals surface area contributed by atoms with Crippen LogP contribution in [-0.2, 0) is 33.8 Å². The van der Waals surface area contributed by atoms with Gasteiger partial charge in [-0.1, -0.05) is 18.2 Å². The molecule has 0 bridgehead atoms. The third-order valence-electron chi connectivity index (χ3n) is 5.49. The van der Waals surface area contributed by atoms with Crippen LogP contribution in [0.25, 0.3) is 10.9 Å². The largest absolute Gasteiger partial charge is 0.372 e. The molecule has 0 saturated heterocycles. The number of nitrogens with one attached hydrogen (secondary N) is 1. The second kappa shape index (κ2) is 10.0. The lowest BCUT2D eigenvalue weighted by Crippen LogP contribution is -2.39.